The van der Waals surface area contributed by atoms with Crippen molar-refractivity contribution in [1.29, 1.82) is 0 Å². The van der Waals surface area contributed by atoms with Gasteiger partial charge in [0.2, 0.25) is 5.91 Å². The van der Waals surface area contributed by atoms with E-state index in [1.807, 2.05) is 41.3 Å². The number of anilines is 1. The first kappa shape index (κ1) is 23.3. The van der Waals surface area contributed by atoms with E-state index >= 15 is 0 Å². The number of rotatable bonds is 6. The lowest BCUT2D eigenvalue weighted by Crippen LogP contribution is -2.46. The number of carbonyl (C=O) groups excluding carboxylic acids is 3. The average Bonchev–Trinajstić information content (AvgIpc) is 3.35. The molecule has 8 nitrogen and oxygen atoms in total. The summed E-state index contributed by atoms with van der Waals surface area (Å²) in [5, 5.41) is 6.77. The summed E-state index contributed by atoms with van der Waals surface area (Å²) in [4.78, 5) is 43.4. The van der Waals surface area contributed by atoms with Crippen LogP contribution < -0.4 is 10.6 Å². The summed E-state index contributed by atoms with van der Waals surface area (Å²) < 4.78 is 5.60. The number of amides is 3. The number of carbonyl (C=O) groups is 3. The Kier molecular flexibility index (Phi) is 6.75. The molecule has 2 aromatic heterocycles. The zero-order valence-corrected chi connectivity index (χ0v) is 19.6. The van der Waals surface area contributed by atoms with Crippen LogP contribution in [0.15, 0.2) is 83.5 Å². The number of benzene rings is 2. The van der Waals surface area contributed by atoms with Crippen LogP contribution in [0.3, 0.4) is 0 Å². The molecule has 1 aliphatic rings. The molecule has 5 rings (SSSR count). The number of piperidine rings is 1. The van der Waals surface area contributed by atoms with Crippen LogP contribution in [0, 0.1) is 0 Å². The molecule has 0 bridgehead atoms. The fourth-order valence-corrected chi connectivity index (χ4v) is 4.36. The molecular formula is C28H26N4O4. The Bertz CT molecular complexity index is 1340. The number of likely N-dealkylation sites (tertiary alicyclic amines) is 1. The van der Waals surface area contributed by atoms with Crippen LogP contribution in [0.4, 0.5) is 5.69 Å². The van der Waals surface area contributed by atoms with Crippen LogP contribution in [0.25, 0.3) is 11.0 Å². The molecule has 0 atom stereocenters. The minimum Gasteiger partial charge on any atom is -0.451 e. The van der Waals surface area contributed by atoms with E-state index < -0.39 is 0 Å². The van der Waals surface area contributed by atoms with Crippen molar-refractivity contribution in [3.05, 3.63) is 96.0 Å². The molecule has 0 spiro atoms. The number of nitrogens with zero attached hydrogens (tertiary/aromatic N) is 2. The molecule has 3 heterocycles. The van der Waals surface area contributed by atoms with Crippen molar-refractivity contribution in [3.63, 3.8) is 0 Å². The third kappa shape index (κ3) is 5.43. The van der Waals surface area contributed by atoms with Gasteiger partial charge in [0.05, 0.1) is 6.42 Å². The quantitative estimate of drug-likeness (QED) is 0.432. The van der Waals surface area contributed by atoms with Gasteiger partial charge in [0.25, 0.3) is 11.8 Å². The predicted octanol–water partition coefficient (Wildman–Crippen LogP) is 4.04. The number of hydrogen-bond donors (Lipinski definition) is 2. The number of hydrogen-bond acceptors (Lipinski definition) is 5. The topological polar surface area (TPSA) is 105 Å². The van der Waals surface area contributed by atoms with Gasteiger partial charge in [0, 0.05) is 48.2 Å². The SMILES string of the molecule is O=C(Cc1ccc(NC(=O)c2cc3ccccc3o2)cc1)NC1CCN(C(=O)c2ccncc2)CC1. The lowest BCUT2D eigenvalue weighted by Gasteiger charge is -2.32. The second-order valence-electron chi connectivity index (χ2n) is 8.85. The van der Waals surface area contributed by atoms with Crippen LogP contribution in [0.2, 0.25) is 0 Å². The molecule has 0 radical (unpaired) electrons. The molecule has 1 fully saturated rings. The van der Waals surface area contributed by atoms with Gasteiger partial charge in [-0.05, 0) is 54.8 Å². The summed E-state index contributed by atoms with van der Waals surface area (Å²) in [6.07, 6.45) is 4.90. The summed E-state index contributed by atoms with van der Waals surface area (Å²) >= 11 is 0. The maximum Gasteiger partial charge on any atom is 0.291 e. The van der Waals surface area contributed by atoms with Crippen LogP contribution in [0.1, 0.15) is 39.3 Å². The Balaban J connectivity index is 1.09. The highest BCUT2D eigenvalue weighted by Crippen LogP contribution is 2.20. The first-order valence-electron chi connectivity index (χ1n) is 11.9. The molecule has 3 amide bonds. The highest BCUT2D eigenvalue weighted by molar-refractivity contribution is 6.04. The molecule has 0 unspecified atom stereocenters. The van der Waals surface area contributed by atoms with Crippen molar-refractivity contribution in [2.75, 3.05) is 18.4 Å². The Morgan fingerprint density at radius 1 is 0.944 bits per heavy atom. The number of nitrogens with one attached hydrogen (secondary N) is 2. The maximum atomic E-state index is 12.6. The first-order chi connectivity index (χ1) is 17.5. The van der Waals surface area contributed by atoms with Gasteiger partial charge in [0.1, 0.15) is 5.58 Å². The third-order valence-corrected chi connectivity index (χ3v) is 6.30. The third-order valence-electron chi connectivity index (χ3n) is 6.30. The van der Waals surface area contributed by atoms with Crippen LogP contribution in [-0.4, -0.2) is 46.7 Å². The van der Waals surface area contributed by atoms with Crippen molar-refractivity contribution in [1.82, 2.24) is 15.2 Å². The van der Waals surface area contributed by atoms with Crippen molar-refractivity contribution >= 4 is 34.4 Å². The Hall–Kier alpha value is -4.46. The highest BCUT2D eigenvalue weighted by atomic mass is 16.3. The van der Waals surface area contributed by atoms with E-state index in [9.17, 15) is 14.4 Å². The Labute approximate surface area is 208 Å². The summed E-state index contributed by atoms with van der Waals surface area (Å²) in [6.45, 7) is 1.21. The van der Waals surface area contributed by atoms with Crippen molar-refractivity contribution < 1.29 is 18.8 Å². The zero-order chi connectivity index (χ0) is 24.9. The largest absolute Gasteiger partial charge is 0.451 e. The number of pyridine rings is 1. The van der Waals surface area contributed by atoms with Gasteiger partial charge in [-0.25, -0.2) is 0 Å². The van der Waals surface area contributed by atoms with E-state index in [4.69, 9.17) is 4.42 Å². The summed E-state index contributed by atoms with van der Waals surface area (Å²) in [6, 6.07) is 19.8. The van der Waals surface area contributed by atoms with Gasteiger partial charge in [-0.3, -0.25) is 19.4 Å². The van der Waals surface area contributed by atoms with E-state index in [2.05, 4.69) is 15.6 Å². The van der Waals surface area contributed by atoms with Crippen molar-refractivity contribution in [3.8, 4) is 0 Å². The van der Waals surface area contributed by atoms with Gasteiger partial charge in [-0.2, -0.15) is 0 Å². The standard InChI is InChI=1S/C28H26N4O4/c33-26(30-23-11-15-32(16-12-23)28(35)20-9-13-29-14-10-20)17-19-5-7-22(8-6-19)31-27(34)25-18-21-3-1-2-4-24(21)36-25/h1-10,13-14,18,23H,11-12,15-17H2,(H,30,33)(H,31,34). The molecule has 8 heteroatoms. The van der Waals surface area contributed by atoms with E-state index in [1.165, 1.54) is 0 Å². The monoisotopic (exact) mass is 482 g/mol. The lowest BCUT2D eigenvalue weighted by molar-refractivity contribution is -0.121. The molecule has 1 aliphatic heterocycles. The summed E-state index contributed by atoms with van der Waals surface area (Å²) in [5.74, 6) is -0.152. The molecule has 4 aromatic rings. The van der Waals surface area contributed by atoms with Crippen LogP contribution >= 0.6 is 0 Å². The van der Waals surface area contributed by atoms with E-state index in [1.54, 1.807) is 42.7 Å². The number of fused-ring (bicyclic) bond motifs is 1. The molecule has 2 aromatic carbocycles. The number of aromatic nitrogens is 1. The van der Waals surface area contributed by atoms with E-state index in [0.29, 0.717) is 29.9 Å². The predicted molar refractivity (Wildman–Crippen MR) is 136 cm³/mol. The maximum absolute atomic E-state index is 12.6. The van der Waals surface area contributed by atoms with Crippen LogP contribution in [0.5, 0.6) is 0 Å². The second-order valence-corrected chi connectivity index (χ2v) is 8.85. The first-order valence-corrected chi connectivity index (χ1v) is 11.9. The van der Waals surface area contributed by atoms with Gasteiger partial charge in [-0.15, -0.1) is 0 Å². The molecule has 182 valence electrons. The van der Waals surface area contributed by atoms with Gasteiger partial charge in [-0.1, -0.05) is 30.3 Å². The van der Waals surface area contributed by atoms with Gasteiger partial charge in [0.15, 0.2) is 5.76 Å². The smallest absolute Gasteiger partial charge is 0.291 e. The zero-order valence-electron chi connectivity index (χ0n) is 19.6. The summed E-state index contributed by atoms with van der Waals surface area (Å²) in [5.41, 5.74) is 2.76. The summed E-state index contributed by atoms with van der Waals surface area (Å²) in [7, 11) is 0. The molecule has 2 N–H and O–H groups in total. The minimum atomic E-state index is -0.328. The molecule has 0 aliphatic carbocycles. The molecule has 1 saturated heterocycles. The van der Waals surface area contributed by atoms with E-state index in [-0.39, 0.29) is 35.9 Å². The normalized spacial score (nSPS) is 13.9. The highest BCUT2D eigenvalue weighted by Gasteiger charge is 2.24. The van der Waals surface area contributed by atoms with Crippen LogP contribution in [-0.2, 0) is 11.2 Å². The minimum absolute atomic E-state index is 0.00493. The Morgan fingerprint density at radius 3 is 2.39 bits per heavy atom. The van der Waals surface area contributed by atoms with Crippen molar-refractivity contribution in [2.45, 2.75) is 25.3 Å². The fourth-order valence-electron chi connectivity index (χ4n) is 4.36. The lowest BCUT2D eigenvalue weighted by atomic mass is 10.0. The molecular weight excluding hydrogens is 456 g/mol. The number of furan rings is 1. The average molecular weight is 483 g/mol. The van der Waals surface area contributed by atoms with Gasteiger partial charge >= 0.3 is 0 Å². The molecule has 0 saturated carbocycles. The second kappa shape index (κ2) is 10.4. The van der Waals surface area contributed by atoms with Crippen molar-refractivity contribution in [2.24, 2.45) is 0 Å². The van der Waals surface area contributed by atoms with E-state index in [0.717, 1.165) is 23.8 Å². The Morgan fingerprint density at radius 2 is 1.67 bits per heavy atom. The number of para-hydroxylation sites is 1. The fraction of sp³-hybridized carbons (Fsp3) is 0.214. The molecule has 36 heavy (non-hydrogen) atoms. The van der Waals surface area contributed by atoms with Gasteiger partial charge < -0.3 is 20.0 Å².